The van der Waals surface area contributed by atoms with Crippen LogP contribution in [0.1, 0.15) is 45.1 Å². The number of Topliss-reactive ketones (excluding diaryl/α,β-unsaturated/α-hetero) is 1. The number of ketones is 1. The molecule has 0 amide bonds. The van der Waals surface area contributed by atoms with E-state index in [1.165, 1.54) is 0 Å². The van der Waals surface area contributed by atoms with Crippen molar-refractivity contribution in [2.24, 2.45) is 0 Å². The molecule has 1 saturated heterocycles. The van der Waals surface area contributed by atoms with E-state index in [-0.39, 0.29) is 37.3 Å². The van der Waals surface area contributed by atoms with Crippen molar-refractivity contribution in [1.29, 1.82) is 0 Å². The smallest absolute Gasteiger partial charge is 0.313 e. The van der Waals surface area contributed by atoms with Gasteiger partial charge in [-0.05, 0) is 26.3 Å². The second-order valence-electron chi connectivity index (χ2n) is 6.11. The third-order valence-corrected chi connectivity index (χ3v) is 3.80. The number of hydrogen-bond donors (Lipinski definition) is 0. The van der Waals surface area contributed by atoms with Crippen molar-refractivity contribution in [2.45, 2.75) is 51.4 Å². The fourth-order valence-electron chi connectivity index (χ4n) is 2.77. The molecule has 23 heavy (non-hydrogen) atoms. The number of carbonyl (C=O) groups is 2. The Bertz CT molecular complexity index is 538. The maximum absolute atomic E-state index is 12.2. The van der Waals surface area contributed by atoms with Crippen LogP contribution in [-0.4, -0.2) is 36.9 Å². The number of benzene rings is 1. The summed E-state index contributed by atoms with van der Waals surface area (Å²) in [5.74, 6) is -1.42. The first-order valence-electron chi connectivity index (χ1n) is 7.95. The predicted octanol–water partition coefficient (Wildman–Crippen LogP) is 2.83. The molecule has 0 aliphatic carbocycles. The van der Waals surface area contributed by atoms with Crippen LogP contribution in [0.4, 0.5) is 0 Å². The molecule has 0 radical (unpaired) electrons. The number of esters is 1. The zero-order valence-electron chi connectivity index (χ0n) is 13.9. The van der Waals surface area contributed by atoms with E-state index in [9.17, 15) is 9.59 Å². The Labute approximate surface area is 136 Å². The molecule has 0 unspecified atom stereocenters. The van der Waals surface area contributed by atoms with Gasteiger partial charge in [0.05, 0.1) is 19.3 Å². The Morgan fingerprint density at radius 3 is 2.57 bits per heavy atom. The molecule has 2 atom stereocenters. The third kappa shape index (κ3) is 5.15. The van der Waals surface area contributed by atoms with E-state index in [0.29, 0.717) is 6.61 Å². The Morgan fingerprint density at radius 1 is 1.30 bits per heavy atom. The average molecular weight is 320 g/mol. The van der Waals surface area contributed by atoms with Crippen molar-refractivity contribution in [3.63, 3.8) is 0 Å². The van der Waals surface area contributed by atoms with Crippen LogP contribution in [0.2, 0.25) is 0 Å². The van der Waals surface area contributed by atoms with Gasteiger partial charge < -0.3 is 14.2 Å². The molecule has 1 fully saturated rings. The van der Waals surface area contributed by atoms with Crippen molar-refractivity contribution in [1.82, 2.24) is 0 Å². The van der Waals surface area contributed by atoms with Gasteiger partial charge in [0.1, 0.15) is 12.2 Å². The van der Waals surface area contributed by atoms with Crippen LogP contribution in [0.15, 0.2) is 30.3 Å². The first-order chi connectivity index (χ1) is 10.9. The second-order valence-corrected chi connectivity index (χ2v) is 6.11. The van der Waals surface area contributed by atoms with Gasteiger partial charge in [0, 0.05) is 12.3 Å². The third-order valence-electron chi connectivity index (χ3n) is 3.80. The fourth-order valence-corrected chi connectivity index (χ4v) is 2.77. The molecule has 1 aliphatic rings. The topological polar surface area (TPSA) is 61.8 Å². The van der Waals surface area contributed by atoms with Crippen LogP contribution < -0.4 is 0 Å². The molecule has 0 saturated carbocycles. The summed E-state index contributed by atoms with van der Waals surface area (Å²) in [5, 5.41) is 0. The predicted molar refractivity (Wildman–Crippen MR) is 85.0 cm³/mol. The molecular formula is C18H24O5. The summed E-state index contributed by atoms with van der Waals surface area (Å²) in [5.41, 5.74) is 1.01. The van der Waals surface area contributed by atoms with E-state index < -0.39 is 11.8 Å². The lowest BCUT2D eigenvalue weighted by Gasteiger charge is -2.24. The van der Waals surface area contributed by atoms with E-state index in [0.717, 1.165) is 5.56 Å². The summed E-state index contributed by atoms with van der Waals surface area (Å²) < 4.78 is 16.4. The summed E-state index contributed by atoms with van der Waals surface area (Å²) >= 11 is 0. The molecular weight excluding hydrogens is 296 g/mol. The van der Waals surface area contributed by atoms with Gasteiger partial charge in [0.2, 0.25) is 0 Å². The average Bonchev–Trinajstić information content (AvgIpc) is 2.86. The van der Waals surface area contributed by atoms with Gasteiger partial charge in [0.15, 0.2) is 5.79 Å². The second kappa shape index (κ2) is 7.70. The van der Waals surface area contributed by atoms with Crippen molar-refractivity contribution < 1.29 is 23.8 Å². The van der Waals surface area contributed by atoms with Gasteiger partial charge in [0.25, 0.3) is 0 Å². The molecule has 5 heteroatoms. The lowest BCUT2D eigenvalue weighted by Crippen LogP contribution is -2.27. The van der Waals surface area contributed by atoms with Crippen LogP contribution in [0.5, 0.6) is 0 Å². The standard InChI is InChI=1S/C18H24O5/c1-4-21-17(20)11-14(19)10-15(13-8-6-5-7-9-13)16-12-22-18(2,3)23-16/h5-9,15-16H,4,10-12H2,1-3H3/t15-,16-/m1/s1. The van der Waals surface area contributed by atoms with Gasteiger partial charge in [-0.3, -0.25) is 9.59 Å². The van der Waals surface area contributed by atoms with Crippen LogP contribution in [-0.2, 0) is 23.8 Å². The summed E-state index contributed by atoms with van der Waals surface area (Å²) in [4.78, 5) is 23.7. The van der Waals surface area contributed by atoms with Gasteiger partial charge in [-0.15, -0.1) is 0 Å². The molecule has 0 N–H and O–H groups in total. The van der Waals surface area contributed by atoms with Gasteiger partial charge in [-0.1, -0.05) is 30.3 Å². The Kier molecular flexibility index (Phi) is 5.91. The Balaban J connectivity index is 2.09. The molecule has 1 heterocycles. The molecule has 126 valence electrons. The highest BCUT2D eigenvalue weighted by Gasteiger charge is 2.38. The maximum Gasteiger partial charge on any atom is 0.313 e. The summed E-state index contributed by atoms with van der Waals surface area (Å²) in [6.07, 6.45) is -0.181. The summed E-state index contributed by atoms with van der Waals surface area (Å²) in [6.45, 7) is 6.15. The highest BCUT2D eigenvalue weighted by molar-refractivity contribution is 5.95. The molecule has 2 rings (SSSR count). The van der Waals surface area contributed by atoms with E-state index in [1.807, 2.05) is 44.2 Å². The summed E-state index contributed by atoms with van der Waals surface area (Å²) in [7, 11) is 0. The quantitative estimate of drug-likeness (QED) is 0.571. The normalized spacial score (nSPS) is 20.9. The summed E-state index contributed by atoms with van der Waals surface area (Å²) in [6, 6.07) is 9.73. The zero-order chi connectivity index (χ0) is 16.9. The highest BCUT2D eigenvalue weighted by Crippen LogP contribution is 2.34. The lowest BCUT2D eigenvalue weighted by molar-refractivity contribution is -0.147. The maximum atomic E-state index is 12.2. The van der Waals surface area contributed by atoms with E-state index in [1.54, 1.807) is 6.92 Å². The largest absolute Gasteiger partial charge is 0.466 e. The van der Waals surface area contributed by atoms with Crippen molar-refractivity contribution >= 4 is 11.8 Å². The van der Waals surface area contributed by atoms with E-state index >= 15 is 0 Å². The van der Waals surface area contributed by atoms with E-state index in [2.05, 4.69) is 0 Å². The van der Waals surface area contributed by atoms with Crippen molar-refractivity contribution in [2.75, 3.05) is 13.2 Å². The molecule has 1 aromatic rings. The number of ether oxygens (including phenoxy) is 3. The first kappa shape index (κ1) is 17.6. The van der Waals surface area contributed by atoms with Crippen molar-refractivity contribution in [3.8, 4) is 0 Å². The van der Waals surface area contributed by atoms with Crippen LogP contribution >= 0.6 is 0 Å². The zero-order valence-corrected chi connectivity index (χ0v) is 13.9. The monoisotopic (exact) mass is 320 g/mol. The Morgan fingerprint density at radius 2 is 2.00 bits per heavy atom. The molecule has 1 aliphatic heterocycles. The molecule has 0 bridgehead atoms. The fraction of sp³-hybridized carbons (Fsp3) is 0.556. The highest BCUT2D eigenvalue weighted by atomic mass is 16.7. The van der Waals surface area contributed by atoms with E-state index in [4.69, 9.17) is 14.2 Å². The minimum Gasteiger partial charge on any atom is -0.466 e. The molecule has 5 nitrogen and oxygen atoms in total. The first-order valence-corrected chi connectivity index (χ1v) is 7.95. The van der Waals surface area contributed by atoms with Crippen LogP contribution in [0.25, 0.3) is 0 Å². The number of hydrogen-bond acceptors (Lipinski definition) is 5. The number of rotatable bonds is 7. The molecule has 1 aromatic carbocycles. The van der Waals surface area contributed by atoms with Gasteiger partial charge in [-0.25, -0.2) is 0 Å². The van der Waals surface area contributed by atoms with Gasteiger partial charge in [-0.2, -0.15) is 0 Å². The number of carbonyl (C=O) groups excluding carboxylic acids is 2. The Hall–Kier alpha value is -1.72. The SMILES string of the molecule is CCOC(=O)CC(=O)C[C@H](c1ccccc1)[C@H]1COC(C)(C)O1. The molecule has 0 aromatic heterocycles. The van der Waals surface area contributed by atoms with Crippen LogP contribution in [0.3, 0.4) is 0 Å². The minimum absolute atomic E-state index is 0.139. The minimum atomic E-state index is -0.651. The van der Waals surface area contributed by atoms with Gasteiger partial charge >= 0.3 is 5.97 Å². The van der Waals surface area contributed by atoms with Crippen molar-refractivity contribution in [3.05, 3.63) is 35.9 Å². The van der Waals surface area contributed by atoms with Crippen LogP contribution in [0, 0.1) is 0 Å². The lowest BCUT2D eigenvalue weighted by atomic mass is 9.88. The molecule has 0 spiro atoms.